The van der Waals surface area contributed by atoms with E-state index in [4.69, 9.17) is 4.74 Å². The van der Waals surface area contributed by atoms with E-state index in [1.807, 2.05) is 25.1 Å². The molecule has 0 radical (unpaired) electrons. The van der Waals surface area contributed by atoms with Gasteiger partial charge in [-0.2, -0.15) is 0 Å². The fourth-order valence-electron chi connectivity index (χ4n) is 5.15. The monoisotopic (exact) mass is 516 g/mol. The van der Waals surface area contributed by atoms with Gasteiger partial charge in [0, 0.05) is 37.7 Å². The van der Waals surface area contributed by atoms with Gasteiger partial charge >= 0.3 is 0 Å². The first-order valence-corrected chi connectivity index (χ1v) is 12.6. The van der Waals surface area contributed by atoms with Gasteiger partial charge in [-0.15, -0.1) is 0 Å². The minimum absolute atomic E-state index is 0.00950. The van der Waals surface area contributed by atoms with Crippen LogP contribution in [0.25, 0.3) is 0 Å². The summed E-state index contributed by atoms with van der Waals surface area (Å²) in [5.41, 5.74) is 1.04. The van der Waals surface area contributed by atoms with Crippen LogP contribution in [-0.4, -0.2) is 64.0 Å². The number of piperidine rings is 1. The largest absolute Gasteiger partial charge is 0.353 e. The van der Waals surface area contributed by atoms with Crippen molar-refractivity contribution in [3.63, 3.8) is 0 Å². The first-order chi connectivity index (χ1) is 18.4. The number of pyridine rings is 1. The van der Waals surface area contributed by atoms with Crippen LogP contribution >= 0.6 is 0 Å². The lowest BCUT2D eigenvalue weighted by atomic mass is 9.95. The van der Waals surface area contributed by atoms with E-state index < -0.39 is 23.5 Å². The molecule has 196 valence electrons. The summed E-state index contributed by atoms with van der Waals surface area (Å²) in [6, 6.07) is 17.7. The Morgan fingerprint density at radius 3 is 2.50 bits per heavy atom. The van der Waals surface area contributed by atoms with E-state index in [-0.39, 0.29) is 43.6 Å². The maximum atomic E-state index is 14.2. The van der Waals surface area contributed by atoms with E-state index in [1.54, 1.807) is 46.3 Å². The molecule has 1 N–H and O–H groups in total. The zero-order chi connectivity index (χ0) is 26.7. The first-order valence-electron chi connectivity index (χ1n) is 12.6. The topological polar surface area (TPSA) is 91.8 Å². The SMILES string of the molecule is Cc1cccc(C(=O)N2C(C(=O)NCc3ccccn3)COC23CCN(C(=O)c2ccccc2F)CC3)c1. The Balaban J connectivity index is 1.37. The van der Waals surface area contributed by atoms with Crippen LogP contribution in [-0.2, 0) is 16.1 Å². The minimum Gasteiger partial charge on any atom is -0.353 e. The molecule has 0 aliphatic carbocycles. The lowest BCUT2D eigenvalue weighted by Crippen LogP contribution is -2.59. The molecule has 2 fully saturated rings. The van der Waals surface area contributed by atoms with Gasteiger partial charge in [-0.05, 0) is 43.3 Å². The number of carbonyl (C=O) groups is 3. The Labute approximate surface area is 220 Å². The van der Waals surface area contributed by atoms with Crippen molar-refractivity contribution in [3.05, 3.63) is 101 Å². The van der Waals surface area contributed by atoms with Gasteiger partial charge in [0.15, 0.2) is 0 Å². The number of rotatable bonds is 5. The summed E-state index contributed by atoms with van der Waals surface area (Å²) >= 11 is 0. The van der Waals surface area contributed by atoms with Crippen molar-refractivity contribution in [2.75, 3.05) is 19.7 Å². The molecule has 3 amide bonds. The van der Waals surface area contributed by atoms with Crippen molar-refractivity contribution >= 4 is 17.7 Å². The molecule has 2 aliphatic rings. The van der Waals surface area contributed by atoms with Crippen LogP contribution in [0.4, 0.5) is 4.39 Å². The van der Waals surface area contributed by atoms with Crippen LogP contribution in [0.15, 0.2) is 72.9 Å². The van der Waals surface area contributed by atoms with Gasteiger partial charge in [0.25, 0.3) is 11.8 Å². The molecule has 1 atom stereocenters. The lowest BCUT2D eigenvalue weighted by molar-refractivity contribution is -0.128. The van der Waals surface area contributed by atoms with Crippen LogP contribution in [0.3, 0.4) is 0 Å². The third-order valence-electron chi connectivity index (χ3n) is 7.15. The van der Waals surface area contributed by atoms with Crippen molar-refractivity contribution < 1.29 is 23.5 Å². The molecule has 5 rings (SSSR count). The van der Waals surface area contributed by atoms with Gasteiger partial charge in [-0.1, -0.05) is 35.9 Å². The Morgan fingerprint density at radius 1 is 1.03 bits per heavy atom. The highest BCUT2D eigenvalue weighted by molar-refractivity contribution is 5.99. The molecule has 38 heavy (non-hydrogen) atoms. The number of aromatic nitrogens is 1. The zero-order valence-corrected chi connectivity index (χ0v) is 21.1. The maximum Gasteiger partial charge on any atom is 0.256 e. The predicted molar refractivity (Wildman–Crippen MR) is 137 cm³/mol. The number of benzene rings is 2. The van der Waals surface area contributed by atoms with Crippen molar-refractivity contribution in [2.24, 2.45) is 0 Å². The summed E-state index contributed by atoms with van der Waals surface area (Å²) in [6.45, 7) is 2.67. The summed E-state index contributed by atoms with van der Waals surface area (Å²) < 4.78 is 20.5. The van der Waals surface area contributed by atoms with Crippen molar-refractivity contribution in [2.45, 2.75) is 38.1 Å². The Hall–Kier alpha value is -4.11. The average Bonchev–Trinajstić information content (AvgIpc) is 3.30. The van der Waals surface area contributed by atoms with E-state index in [1.165, 1.54) is 18.2 Å². The van der Waals surface area contributed by atoms with Gasteiger partial charge in [0.2, 0.25) is 5.91 Å². The molecule has 9 heteroatoms. The third-order valence-corrected chi connectivity index (χ3v) is 7.15. The third kappa shape index (κ3) is 5.02. The number of ether oxygens (including phenoxy) is 1. The number of hydrogen-bond donors (Lipinski definition) is 1. The highest BCUT2D eigenvalue weighted by Crippen LogP contribution is 2.39. The summed E-state index contributed by atoms with van der Waals surface area (Å²) in [4.78, 5) is 47.5. The molecule has 0 saturated carbocycles. The molecule has 0 bridgehead atoms. The molecule has 2 aliphatic heterocycles. The average molecular weight is 517 g/mol. The van der Waals surface area contributed by atoms with Gasteiger partial charge in [-0.25, -0.2) is 4.39 Å². The van der Waals surface area contributed by atoms with Crippen molar-refractivity contribution in [1.29, 1.82) is 0 Å². The van der Waals surface area contributed by atoms with E-state index in [2.05, 4.69) is 10.3 Å². The zero-order valence-electron chi connectivity index (χ0n) is 21.1. The summed E-state index contributed by atoms with van der Waals surface area (Å²) in [5.74, 6) is -1.62. The fourth-order valence-corrected chi connectivity index (χ4v) is 5.15. The normalized spacial score (nSPS) is 18.4. The summed E-state index contributed by atoms with van der Waals surface area (Å²) in [5, 5.41) is 2.88. The Morgan fingerprint density at radius 2 is 1.79 bits per heavy atom. The number of amides is 3. The molecule has 1 spiro atoms. The maximum absolute atomic E-state index is 14.2. The van der Waals surface area contributed by atoms with E-state index in [9.17, 15) is 18.8 Å². The number of likely N-dealkylation sites (tertiary alicyclic amines) is 1. The Kier molecular flexibility index (Phi) is 7.20. The number of hydrogen-bond acceptors (Lipinski definition) is 5. The van der Waals surface area contributed by atoms with Gasteiger partial charge in [-0.3, -0.25) is 24.3 Å². The van der Waals surface area contributed by atoms with Crippen LogP contribution in [0, 0.1) is 12.7 Å². The minimum atomic E-state index is -1.06. The van der Waals surface area contributed by atoms with Crippen LogP contribution in [0.5, 0.6) is 0 Å². The molecular weight excluding hydrogens is 487 g/mol. The molecule has 3 aromatic rings. The second kappa shape index (κ2) is 10.7. The van der Waals surface area contributed by atoms with Crippen LogP contribution < -0.4 is 5.32 Å². The van der Waals surface area contributed by atoms with Crippen molar-refractivity contribution in [3.8, 4) is 0 Å². The molecule has 8 nitrogen and oxygen atoms in total. The van der Waals surface area contributed by atoms with Gasteiger partial charge in [0.05, 0.1) is 24.4 Å². The smallest absolute Gasteiger partial charge is 0.256 e. The second-order valence-corrected chi connectivity index (χ2v) is 9.63. The van der Waals surface area contributed by atoms with Gasteiger partial charge < -0.3 is 15.0 Å². The van der Waals surface area contributed by atoms with Crippen molar-refractivity contribution in [1.82, 2.24) is 20.1 Å². The second-order valence-electron chi connectivity index (χ2n) is 9.63. The molecule has 2 saturated heterocycles. The Bertz CT molecular complexity index is 1340. The summed E-state index contributed by atoms with van der Waals surface area (Å²) in [7, 11) is 0. The molecule has 2 aromatic carbocycles. The lowest BCUT2D eigenvalue weighted by Gasteiger charge is -2.44. The standard InChI is InChI=1S/C29H29FN4O4/c1-20-7-6-8-21(17-20)27(36)34-25(26(35)32-18-22-9-4-5-14-31-22)19-38-29(34)12-15-33(16-13-29)28(37)23-10-2-3-11-24(23)30/h2-11,14,17,25H,12-13,15-16,18-19H2,1H3,(H,32,35). The first kappa shape index (κ1) is 25.5. The van der Waals surface area contributed by atoms with E-state index in [0.29, 0.717) is 24.1 Å². The number of nitrogens with zero attached hydrogens (tertiary/aromatic N) is 3. The predicted octanol–water partition coefficient (Wildman–Crippen LogP) is 3.32. The number of aryl methyl sites for hydroxylation is 1. The highest BCUT2D eigenvalue weighted by atomic mass is 19.1. The fraction of sp³-hybridized carbons (Fsp3) is 0.310. The number of nitrogens with one attached hydrogen (secondary N) is 1. The summed E-state index contributed by atoms with van der Waals surface area (Å²) in [6.07, 6.45) is 2.25. The molecular formula is C29H29FN4O4. The highest BCUT2D eigenvalue weighted by Gasteiger charge is 2.54. The van der Waals surface area contributed by atoms with Crippen LogP contribution in [0.2, 0.25) is 0 Å². The van der Waals surface area contributed by atoms with Gasteiger partial charge in [0.1, 0.15) is 17.6 Å². The van der Waals surface area contributed by atoms with Crippen LogP contribution in [0.1, 0.15) is 44.8 Å². The molecule has 3 heterocycles. The number of halogens is 1. The van der Waals surface area contributed by atoms with E-state index >= 15 is 0 Å². The molecule has 1 unspecified atom stereocenters. The van der Waals surface area contributed by atoms with E-state index in [0.717, 1.165) is 5.56 Å². The quantitative estimate of drug-likeness (QED) is 0.562. The number of carbonyl (C=O) groups excluding carboxylic acids is 3. The molecule has 1 aromatic heterocycles.